The van der Waals surface area contributed by atoms with Crippen LogP contribution in [0.5, 0.6) is 0 Å². The van der Waals surface area contributed by atoms with E-state index in [1.54, 1.807) is 0 Å². The molecule has 0 spiro atoms. The van der Waals surface area contributed by atoms with Gasteiger partial charge in [0, 0.05) is 0 Å². The summed E-state index contributed by atoms with van der Waals surface area (Å²) in [5.74, 6) is 0. The lowest BCUT2D eigenvalue weighted by Gasteiger charge is -1.84. The molecular formula is C9H12N2S. The van der Waals surface area contributed by atoms with Crippen LogP contribution in [0.2, 0.25) is 0 Å². The molecule has 0 saturated carbocycles. The van der Waals surface area contributed by atoms with Gasteiger partial charge in [-0.2, -0.15) is 0 Å². The van der Waals surface area contributed by atoms with Crippen LogP contribution in [0, 0.1) is 6.92 Å². The van der Waals surface area contributed by atoms with E-state index in [2.05, 4.69) is 4.98 Å². The third kappa shape index (κ3) is 2.20. The number of anilines is 1. The number of hydrogen-bond acceptors (Lipinski definition) is 3. The molecule has 2 N–H and O–H groups in total. The van der Waals surface area contributed by atoms with Crippen LogP contribution >= 0.6 is 11.3 Å². The van der Waals surface area contributed by atoms with Gasteiger partial charge in [-0.3, -0.25) is 0 Å². The average Bonchev–Trinajstić information content (AvgIpc) is 2.31. The van der Waals surface area contributed by atoms with Crippen molar-refractivity contribution < 1.29 is 0 Å². The van der Waals surface area contributed by atoms with Crippen molar-refractivity contribution in [3.8, 4) is 0 Å². The molecule has 2 nitrogen and oxygen atoms in total. The maximum atomic E-state index is 5.70. The predicted octanol–water partition coefficient (Wildman–Crippen LogP) is 2.62. The van der Waals surface area contributed by atoms with Crippen LogP contribution in [-0.4, -0.2) is 4.98 Å². The summed E-state index contributed by atoms with van der Waals surface area (Å²) >= 11 is 1.52. The van der Waals surface area contributed by atoms with Gasteiger partial charge in [0.05, 0.1) is 10.7 Å². The van der Waals surface area contributed by atoms with E-state index in [4.69, 9.17) is 5.73 Å². The molecule has 3 heteroatoms. The number of nitrogen functional groups attached to an aromatic ring is 1. The number of hydrogen-bond donors (Lipinski definition) is 1. The quantitative estimate of drug-likeness (QED) is 0.710. The molecule has 1 aromatic heterocycles. The first kappa shape index (κ1) is 9.00. The Labute approximate surface area is 76.4 Å². The lowest BCUT2D eigenvalue weighted by Crippen LogP contribution is -1.82. The van der Waals surface area contributed by atoms with Gasteiger partial charge in [-0.25, -0.2) is 4.98 Å². The van der Waals surface area contributed by atoms with Crippen LogP contribution in [0.25, 0.3) is 6.08 Å². The Morgan fingerprint density at radius 1 is 1.42 bits per heavy atom. The normalized spacial score (nSPS) is 11.8. The van der Waals surface area contributed by atoms with Crippen LogP contribution < -0.4 is 5.73 Å². The highest BCUT2D eigenvalue weighted by Gasteiger charge is 1.99. The van der Waals surface area contributed by atoms with Crippen LogP contribution in [0.4, 0.5) is 5.00 Å². The molecule has 1 heterocycles. The summed E-state index contributed by atoms with van der Waals surface area (Å²) in [6.07, 6.45) is 7.77. The Morgan fingerprint density at radius 3 is 2.67 bits per heavy atom. The molecule has 64 valence electrons. The number of aryl methyl sites for hydroxylation is 1. The molecule has 0 fully saturated rings. The molecule has 0 aliphatic carbocycles. The van der Waals surface area contributed by atoms with Crippen molar-refractivity contribution in [3.05, 3.63) is 28.9 Å². The molecule has 0 aliphatic heterocycles. The average molecular weight is 180 g/mol. The Balaban J connectivity index is 2.81. The lowest BCUT2D eigenvalue weighted by molar-refractivity contribution is 1.28. The van der Waals surface area contributed by atoms with Crippen molar-refractivity contribution in [3.63, 3.8) is 0 Å². The fourth-order valence-corrected chi connectivity index (χ4v) is 1.52. The highest BCUT2D eigenvalue weighted by molar-refractivity contribution is 7.15. The van der Waals surface area contributed by atoms with Gasteiger partial charge in [0.15, 0.2) is 0 Å². The second-order valence-electron chi connectivity index (χ2n) is 2.37. The molecule has 0 bridgehead atoms. The monoisotopic (exact) mass is 180 g/mol. The number of nitrogens with zero attached hydrogens (tertiary/aromatic N) is 1. The van der Waals surface area contributed by atoms with Crippen molar-refractivity contribution in [1.82, 2.24) is 4.98 Å². The summed E-state index contributed by atoms with van der Waals surface area (Å²) in [5, 5.41) is 1.79. The van der Waals surface area contributed by atoms with E-state index in [1.165, 1.54) is 11.3 Å². The Bertz CT molecular complexity index is 310. The van der Waals surface area contributed by atoms with Crippen LogP contribution in [0.1, 0.15) is 17.6 Å². The first-order valence-corrected chi connectivity index (χ1v) is 4.58. The summed E-state index contributed by atoms with van der Waals surface area (Å²) in [4.78, 5) is 4.25. The minimum atomic E-state index is 0.785. The van der Waals surface area contributed by atoms with E-state index in [0.29, 0.717) is 0 Å². The van der Waals surface area contributed by atoms with Gasteiger partial charge in [0.25, 0.3) is 0 Å². The second kappa shape index (κ2) is 4.07. The van der Waals surface area contributed by atoms with E-state index < -0.39 is 0 Å². The molecule has 0 unspecified atom stereocenters. The molecule has 0 radical (unpaired) electrons. The van der Waals surface area contributed by atoms with E-state index in [9.17, 15) is 0 Å². The van der Waals surface area contributed by atoms with E-state index in [-0.39, 0.29) is 0 Å². The summed E-state index contributed by atoms with van der Waals surface area (Å²) in [6.45, 7) is 3.92. The van der Waals surface area contributed by atoms with E-state index >= 15 is 0 Å². The fourth-order valence-electron chi connectivity index (χ4n) is 0.836. The molecule has 0 amide bonds. The van der Waals surface area contributed by atoms with Crippen molar-refractivity contribution in [2.45, 2.75) is 13.8 Å². The standard InChI is InChI=1S/C9H12N2S/c1-3-4-5-6-8-9(10)12-7(2)11-8/h3-6H,10H2,1-2H3/b4-3-,6-5-. The number of thiazole rings is 1. The van der Waals surface area contributed by atoms with Crippen molar-refractivity contribution >= 4 is 22.4 Å². The van der Waals surface area contributed by atoms with Crippen LogP contribution in [-0.2, 0) is 0 Å². The topological polar surface area (TPSA) is 38.9 Å². The first-order chi connectivity index (χ1) is 5.74. The maximum absolute atomic E-state index is 5.70. The minimum Gasteiger partial charge on any atom is -0.389 e. The third-order valence-electron chi connectivity index (χ3n) is 1.35. The highest BCUT2D eigenvalue weighted by atomic mass is 32.1. The molecule has 0 saturated heterocycles. The lowest BCUT2D eigenvalue weighted by atomic mass is 10.4. The van der Waals surface area contributed by atoms with Crippen LogP contribution in [0.15, 0.2) is 18.2 Å². The number of allylic oxidation sites excluding steroid dienone is 3. The minimum absolute atomic E-state index is 0.785. The smallest absolute Gasteiger partial charge is 0.114 e. The number of aromatic nitrogens is 1. The molecule has 1 aromatic rings. The number of nitrogens with two attached hydrogens (primary N) is 1. The summed E-state index contributed by atoms with van der Waals surface area (Å²) in [6, 6.07) is 0. The maximum Gasteiger partial charge on any atom is 0.114 e. The summed E-state index contributed by atoms with van der Waals surface area (Å²) in [7, 11) is 0. The van der Waals surface area contributed by atoms with Gasteiger partial charge in [-0.05, 0) is 19.9 Å². The van der Waals surface area contributed by atoms with Gasteiger partial charge in [0.1, 0.15) is 5.00 Å². The van der Waals surface area contributed by atoms with Gasteiger partial charge < -0.3 is 5.73 Å². The highest BCUT2D eigenvalue weighted by Crippen LogP contribution is 2.20. The van der Waals surface area contributed by atoms with Crippen molar-refractivity contribution in [2.24, 2.45) is 0 Å². The molecule has 12 heavy (non-hydrogen) atoms. The molecule has 0 aromatic carbocycles. The molecular weight excluding hydrogens is 168 g/mol. The van der Waals surface area contributed by atoms with Crippen LogP contribution in [0.3, 0.4) is 0 Å². The number of rotatable bonds is 2. The Hall–Kier alpha value is -1.09. The van der Waals surface area contributed by atoms with Gasteiger partial charge in [0.2, 0.25) is 0 Å². The zero-order valence-corrected chi connectivity index (χ0v) is 8.06. The zero-order valence-electron chi connectivity index (χ0n) is 7.24. The van der Waals surface area contributed by atoms with Crippen molar-refractivity contribution in [2.75, 3.05) is 5.73 Å². The van der Waals surface area contributed by atoms with Gasteiger partial charge >= 0.3 is 0 Å². The van der Waals surface area contributed by atoms with E-state index in [0.717, 1.165) is 15.7 Å². The third-order valence-corrected chi connectivity index (χ3v) is 2.16. The molecule has 0 atom stereocenters. The molecule has 0 aliphatic rings. The van der Waals surface area contributed by atoms with E-state index in [1.807, 2.05) is 38.2 Å². The predicted molar refractivity (Wildman–Crippen MR) is 55.1 cm³/mol. The fraction of sp³-hybridized carbons (Fsp3) is 0.222. The zero-order chi connectivity index (χ0) is 8.97. The second-order valence-corrected chi connectivity index (χ2v) is 3.60. The summed E-state index contributed by atoms with van der Waals surface area (Å²) < 4.78 is 0. The van der Waals surface area contributed by atoms with Gasteiger partial charge in [-0.1, -0.05) is 18.2 Å². The summed E-state index contributed by atoms with van der Waals surface area (Å²) in [5.41, 5.74) is 6.58. The Kier molecular flexibility index (Phi) is 3.05. The SMILES string of the molecule is C/C=C\C=C/c1nc(C)sc1N. The van der Waals surface area contributed by atoms with Gasteiger partial charge in [-0.15, -0.1) is 11.3 Å². The Morgan fingerprint density at radius 2 is 2.17 bits per heavy atom. The molecule has 1 rings (SSSR count). The van der Waals surface area contributed by atoms with Crippen molar-refractivity contribution in [1.29, 1.82) is 0 Å². The first-order valence-electron chi connectivity index (χ1n) is 3.76. The largest absolute Gasteiger partial charge is 0.389 e.